The first-order valence-corrected chi connectivity index (χ1v) is 9.06. The second-order valence-electron chi connectivity index (χ2n) is 7.24. The fourth-order valence-corrected chi connectivity index (χ4v) is 3.79. The van der Waals surface area contributed by atoms with Gasteiger partial charge in [0.1, 0.15) is 0 Å². The maximum absolute atomic E-state index is 12.0. The van der Waals surface area contributed by atoms with Crippen LogP contribution < -0.4 is 10.6 Å². The molecule has 0 saturated carbocycles. The highest BCUT2D eigenvalue weighted by molar-refractivity contribution is 5.78. The molecule has 0 spiro atoms. The van der Waals surface area contributed by atoms with Crippen molar-refractivity contribution in [2.45, 2.75) is 50.7 Å². The van der Waals surface area contributed by atoms with E-state index < -0.39 is 5.60 Å². The van der Waals surface area contributed by atoms with Crippen LogP contribution in [0, 0.1) is 0 Å². The molecule has 3 N–H and O–H groups in total. The number of carbonyl (C=O) groups excluding carboxylic acids is 2. The second-order valence-corrected chi connectivity index (χ2v) is 7.24. The quantitative estimate of drug-likeness (QED) is 0.631. The molecule has 0 bridgehead atoms. The third kappa shape index (κ3) is 5.72. The van der Waals surface area contributed by atoms with Crippen LogP contribution in [-0.2, 0) is 9.59 Å². The van der Waals surface area contributed by atoms with Crippen LogP contribution in [0.2, 0.25) is 0 Å². The zero-order valence-electron chi connectivity index (χ0n) is 15.0. The Kier molecular flexibility index (Phi) is 7.01. The van der Waals surface area contributed by atoms with Gasteiger partial charge in [-0.2, -0.15) is 0 Å². The number of amides is 2. The van der Waals surface area contributed by atoms with Gasteiger partial charge in [-0.15, -0.1) is 0 Å². The number of nitrogens with zero attached hydrogens (tertiary/aromatic N) is 2. The van der Waals surface area contributed by atoms with E-state index in [4.69, 9.17) is 0 Å². The Labute approximate surface area is 144 Å². The van der Waals surface area contributed by atoms with Gasteiger partial charge in [0.2, 0.25) is 11.8 Å². The van der Waals surface area contributed by atoms with Crippen molar-refractivity contribution >= 4 is 11.8 Å². The molecule has 7 nitrogen and oxygen atoms in total. The molecule has 2 fully saturated rings. The molecule has 2 rings (SSSR count). The van der Waals surface area contributed by atoms with Crippen LogP contribution in [0.1, 0.15) is 39.0 Å². The number of piperidine rings is 1. The van der Waals surface area contributed by atoms with Crippen LogP contribution >= 0.6 is 0 Å². The number of hydrogen-bond donors (Lipinski definition) is 3. The van der Waals surface area contributed by atoms with Crippen LogP contribution in [0.5, 0.6) is 0 Å². The normalized spacial score (nSPS) is 26.9. The third-order valence-corrected chi connectivity index (χ3v) is 5.11. The first-order chi connectivity index (χ1) is 11.4. The summed E-state index contributed by atoms with van der Waals surface area (Å²) in [4.78, 5) is 27.3. The van der Waals surface area contributed by atoms with Gasteiger partial charge in [0.05, 0.1) is 12.1 Å². The van der Waals surface area contributed by atoms with E-state index in [0.29, 0.717) is 26.1 Å². The second kappa shape index (κ2) is 8.78. The van der Waals surface area contributed by atoms with E-state index in [1.54, 1.807) is 14.0 Å². The highest BCUT2D eigenvalue weighted by Gasteiger charge is 2.34. The van der Waals surface area contributed by atoms with Crippen molar-refractivity contribution in [2.75, 3.05) is 46.3 Å². The maximum atomic E-state index is 12.0. The SMILES string of the molecule is CNCC(=O)N1CCCC(O)(CN2CCC(NC(C)=O)CC2)CC1. The number of carbonyl (C=O) groups is 2. The molecule has 24 heavy (non-hydrogen) atoms. The fourth-order valence-electron chi connectivity index (χ4n) is 3.79. The van der Waals surface area contributed by atoms with Crippen LogP contribution in [0.3, 0.4) is 0 Å². The summed E-state index contributed by atoms with van der Waals surface area (Å²) in [6.45, 7) is 5.72. The molecule has 7 heteroatoms. The van der Waals surface area contributed by atoms with Crippen molar-refractivity contribution in [3.63, 3.8) is 0 Å². The van der Waals surface area contributed by atoms with Gasteiger partial charge in [-0.3, -0.25) is 9.59 Å². The topological polar surface area (TPSA) is 84.9 Å². The molecule has 0 aromatic carbocycles. The summed E-state index contributed by atoms with van der Waals surface area (Å²) in [7, 11) is 1.77. The molecule has 2 saturated heterocycles. The molecule has 2 aliphatic rings. The van der Waals surface area contributed by atoms with E-state index in [9.17, 15) is 14.7 Å². The monoisotopic (exact) mass is 340 g/mol. The molecule has 0 aromatic heterocycles. The Morgan fingerprint density at radius 1 is 1.17 bits per heavy atom. The molecule has 2 amide bonds. The van der Waals surface area contributed by atoms with Gasteiger partial charge in [0, 0.05) is 45.7 Å². The largest absolute Gasteiger partial charge is 0.388 e. The van der Waals surface area contributed by atoms with Crippen molar-refractivity contribution in [1.29, 1.82) is 0 Å². The van der Waals surface area contributed by atoms with Gasteiger partial charge in [-0.05, 0) is 39.2 Å². The fraction of sp³-hybridized carbons (Fsp3) is 0.882. The first-order valence-electron chi connectivity index (χ1n) is 9.06. The number of hydrogen-bond acceptors (Lipinski definition) is 5. The minimum Gasteiger partial charge on any atom is -0.388 e. The van der Waals surface area contributed by atoms with Gasteiger partial charge >= 0.3 is 0 Å². The summed E-state index contributed by atoms with van der Waals surface area (Å²) in [6.07, 6.45) is 4.08. The number of nitrogens with one attached hydrogen (secondary N) is 2. The predicted octanol–water partition coefficient (Wildman–Crippen LogP) is -0.450. The Hall–Kier alpha value is -1.18. The molecule has 138 valence electrons. The minimum absolute atomic E-state index is 0.0298. The van der Waals surface area contributed by atoms with E-state index in [1.165, 1.54) is 0 Å². The smallest absolute Gasteiger partial charge is 0.236 e. The summed E-state index contributed by atoms with van der Waals surface area (Å²) < 4.78 is 0. The highest BCUT2D eigenvalue weighted by atomic mass is 16.3. The number of likely N-dealkylation sites (tertiary alicyclic amines) is 2. The standard InChI is InChI=1S/C17H32N4O3/c1-14(22)19-15-4-9-20(10-5-15)13-17(24)6-3-8-21(11-7-17)16(23)12-18-2/h15,18,24H,3-13H2,1-2H3,(H,19,22). The Morgan fingerprint density at radius 3 is 2.50 bits per heavy atom. The van der Waals surface area contributed by atoms with Crippen LogP contribution in [-0.4, -0.2) is 84.7 Å². The summed E-state index contributed by atoms with van der Waals surface area (Å²) in [6, 6.07) is 0.261. The molecule has 2 aliphatic heterocycles. The van der Waals surface area contributed by atoms with Crippen LogP contribution in [0.25, 0.3) is 0 Å². The van der Waals surface area contributed by atoms with E-state index in [1.807, 2.05) is 4.90 Å². The molecule has 0 aliphatic carbocycles. The van der Waals surface area contributed by atoms with Gasteiger partial charge in [0.15, 0.2) is 0 Å². The van der Waals surface area contributed by atoms with E-state index >= 15 is 0 Å². The Morgan fingerprint density at radius 2 is 1.88 bits per heavy atom. The van der Waals surface area contributed by atoms with Crippen molar-refractivity contribution in [1.82, 2.24) is 20.4 Å². The molecule has 2 heterocycles. The summed E-state index contributed by atoms with van der Waals surface area (Å²) in [5, 5.41) is 16.9. The van der Waals surface area contributed by atoms with E-state index in [2.05, 4.69) is 15.5 Å². The van der Waals surface area contributed by atoms with Crippen LogP contribution in [0.4, 0.5) is 0 Å². The zero-order chi connectivity index (χ0) is 17.6. The lowest BCUT2D eigenvalue weighted by atomic mass is 9.93. The van der Waals surface area contributed by atoms with Gasteiger partial charge in [-0.1, -0.05) is 0 Å². The Balaban J connectivity index is 1.80. The average Bonchev–Trinajstić information content (AvgIpc) is 2.71. The van der Waals surface area contributed by atoms with Gasteiger partial charge < -0.3 is 25.5 Å². The number of likely N-dealkylation sites (N-methyl/N-ethyl adjacent to an activating group) is 1. The number of rotatable bonds is 5. The first kappa shape index (κ1) is 19.1. The van der Waals surface area contributed by atoms with Crippen molar-refractivity contribution in [3.05, 3.63) is 0 Å². The molecular formula is C17H32N4O3. The predicted molar refractivity (Wildman–Crippen MR) is 92.6 cm³/mol. The third-order valence-electron chi connectivity index (χ3n) is 5.11. The van der Waals surface area contributed by atoms with Crippen molar-refractivity contribution in [3.8, 4) is 0 Å². The maximum Gasteiger partial charge on any atom is 0.236 e. The lowest BCUT2D eigenvalue weighted by Gasteiger charge is -2.38. The lowest BCUT2D eigenvalue weighted by molar-refractivity contribution is -0.130. The van der Waals surface area contributed by atoms with Gasteiger partial charge in [0.25, 0.3) is 0 Å². The summed E-state index contributed by atoms with van der Waals surface area (Å²) in [5.74, 6) is 0.139. The van der Waals surface area contributed by atoms with E-state index in [-0.39, 0.29) is 17.9 Å². The molecule has 0 radical (unpaired) electrons. The van der Waals surface area contributed by atoms with Crippen LogP contribution in [0.15, 0.2) is 0 Å². The highest BCUT2D eigenvalue weighted by Crippen LogP contribution is 2.25. The summed E-state index contributed by atoms with van der Waals surface area (Å²) >= 11 is 0. The van der Waals surface area contributed by atoms with Gasteiger partial charge in [-0.25, -0.2) is 0 Å². The van der Waals surface area contributed by atoms with E-state index in [0.717, 1.165) is 45.3 Å². The average molecular weight is 340 g/mol. The van der Waals surface area contributed by atoms with Crippen molar-refractivity contribution < 1.29 is 14.7 Å². The number of β-amino-alcohol motifs (C(OH)–C–C–N with tert-alkyl or cyclic N) is 1. The lowest BCUT2D eigenvalue weighted by Crippen LogP contribution is -2.50. The molecular weight excluding hydrogens is 308 g/mol. The Bertz CT molecular complexity index is 438. The summed E-state index contributed by atoms with van der Waals surface area (Å²) in [5.41, 5.74) is -0.713. The number of aliphatic hydroxyl groups is 1. The molecule has 0 aromatic rings. The molecule has 1 unspecified atom stereocenters. The molecule has 1 atom stereocenters. The zero-order valence-corrected chi connectivity index (χ0v) is 15.0. The minimum atomic E-state index is -0.713. The van der Waals surface area contributed by atoms with Crippen molar-refractivity contribution in [2.24, 2.45) is 0 Å².